The average Bonchev–Trinajstić information content (AvgIpc) is 1.98. The van der Waals surface area contributed by atoms with E-state index in [0.717, 1.165) is 0 Å². The van der Waals surface area contributed by atoms with Crippen LogP contribution >= 0.6 is 0 Å². The Morgan fingerprint density at radius 2 is 1.59 bits per heavy atom. The van der Waals surface area contributed by atoms with Gasteiger partial charge >= 0.3 is 5.97 Å². The van der Waals surface area contributed by atoms with Crippen molar-refractivity contribution in [3.8, 4) is 0 Å². The molecule has 0 aromatic heterocycles. The Bertz CT molecular complexity index is 246. The third kappa shape index (κ3) is 17.4. The second-order valence-corrected chi connectivity index (χ2v) is 4.72. The average molecular weight is 251 g/mol. The summed E-state index contributed by atoms with van der Waals surface area (Å²) in [6, 6.07) is 0. The lowest BCUT2D eigenvalue weighted by molar-refractivity contribution is -0.873. The molecular weight excluding hydrogens is 230 g/mol. The Morgan fingerprint density at radius 3 is 1.76 bits per heavy atom. The number of carboxylic acids is 2. The molecule has 7 heteroatoms. The lowest BCUT2D eigenvalue weighted by atomic mass is 10.2. The van der Waals surface area contributed by atoms with Gasteiger partial charge in [0.15, 0.2) is 0 Å². The number of quaternary nitrogens is 1. The topological polar surface area (TPSA) is 118 Å². The quantitative estimate of drug-likeness (QED) is 0.471. The number of carbonyl (C=O) groups excluding carboxylic acids is 1. The van der Waals surface area contributed by atoms with E-state index in [9.17, 15) is 14.7 Å². The van der Waals surface area contributed by atoms with E-state index in [-0.39, 0.29) is 6.42 Å². The number of aliphatic carboxylic acids is 2. The smallest absolute Gasteiger partial charge is 0.332 e. The molecule has 102 valence electrons. The van der Waals surface area contributed by atoms with Gasteiger partial charge in [-0.05, 0) is 6.92 Å². The molecule has 1 unspecified atom stereocenters. The molecule has 3 N–H and O–H groups in total. The van der Waals surface area contributed by atoms with Crippen molar-refractivity contribution in [3.05, 3.63) is 0 Å². The first-order chi connectivity index (χ1) is 7.45. The summed E-state index contributed by atoms with van der Waals surface area (Å²) in [6.07, 6.45) is -2.32. The van der Waals surface area contributed by atoms with Crippen molar-refractivity contribution in [2.24, 2.45) is 0 Å². The third-order valence-corrected chi connectivity index (χ3v) is 1.52. The van der Waals surface area contributed by atoms with Crippen LogP contribution in [0.4, 0.5) is 0 Å². The number of hydrogen-bond acceptors (Lipinski definition) is 5. The van der Waals surface area contributed by atoms with Crippen LogP contribution in [0.3, 0.4) is 0 Å². The molecule has 0 aliphatic heterocycles. The minimum Gasteiger partial charge on any atom is -0.550 e. The van der Waals surface area contributed by atoms with Gasteiger partial charge in [0.25, 0.3) is 0 Å². The molecule has 0 aliphatic rings. The summed E-state index contributed by atoms with van der Waals surface area (Å²) >= 11 is 0. The molecule has 0 saturated carbocycles. The van der Waals surface area contributed by atoms with E-state index in [1.165, 1.54) is 6.92 Å². The summed E-state index contributed by atoms with van der Waals surface area (Å²) in [5, 5.41) is 34.9. The highest BCUT2D eigenvalue weighted by molar-refractivity contribution is 5.71. The van der Waals surface area contributed by atoms with Gasteiger partial charge in [-0.2, -0.15) is 0 Å². The minimum atomic E-state index is -1.23. The van der Waals surface area contributed by atoms with Crippen LogP contribution in [0.1, 0.15) is 13.3 Å². The summed E-state index contributed by atoms with van der Waals surface area (Å²) in [7, 11) is 5.66. The summed E-state index contributed by atoms with van der Waals surface area (Å²) in [6.45, 7) is 1.62. The van der Waals surface area contributed by atoms with E-state index in [0.29, 0.717) is 11.0 Å². The summed E-state index contributed by atoms with van der Waals surface area (Å²) in [5.74, 6) is -2.39. The Kier molecular flexibility index (Phi) is 8.55. The molecule has 0 rings (SSSR count). The van der Waals surface area contributed by atoms with Gasteiger partial charge in [0, 0.05) is 12.4 Å². The van der Waals surface area contributed by atoms with E-state index < -0.39 is 24.1 Å². The van der Waals surface area contributed by atoms with E-state index in [1.807, 2.05) is 21.1 Å². The number of carboxylic acid groups (broad SMARTS) is 2. The van der Waals surface area contributed by atoms with E-state index in [1.54, 1.807) is 0 Å². The molecule has 0 radical (unpaired) electrons. The van der Waals surface area contributed by atoms with Crippen LogP contribution in [0.25, 0.3) is 0 Å². The van der Waals surface area contributed by atoms with Crippen LogP contribution < -0.4 is 5.11 Å². The summed E-state index contributed by atoms with van der Waals surface area (Å²) < 4.78 is 0.550. The Morgan fingerprint density at radius 1 is 1.24 bits per heavy atom. The van der Waals surface area contributed by atoms with Crippen LogP contribution in [0.5, 0.6) is 0 Å². The first-order valence-electron chi connectivity index (χ1n) is 5.05. The molecule has 2 atom stereocenters. The molecular formula is C10H21NO6. The second-order valence-electron chi connectivity index (χ2n) is 4.72. The minimum absolute atomic E-state index is 0.282. The zero-order valence-electron chi connectivity index (χ0n) is 10.6. The Balaban J connectivity index is 0. The third-order valence-electron chi connectivity index (χ3n) is 1.52. The molecule has 0 spiro atoms. The van der Waals surface area contributed by atoms with Gasteiger partial charge in [-0.1, -0.05) is 0 Å². The normalized spacial score (nSPS) is 14.2. The van der Waals surface area contributed by atoms with Crippen molar-refractivity contribution in [1.29, 1.82) is 0 Å². The summed E-state index contributed by atoms with van der Waals surface area (Å²) in [5.41, 5.74) is 0. The maximum Gasteiger partial charge on any atom is 0.332 e. The maximum absolute atomic E-state index is 10.0. The van der Waals surface area contributed by atoms with Crippen LogP contribution in [0, 0.1) is 0 Å². The van der Waals surface area contributed by atoms with Gasteiger partial charge in [0.2, 0.25) is 0 Å². The monoisotopic (exact) mass is 251 g/mol. The van der Waals surface area contributed by atoms with Crippen LogP contribution in [0.15, 0.2) is 0 Å². The number of aliphatic hydroxyl groups is 2. The number of carbonyl (C=O) groups is 2. The molecule has 0 bridgehead atoms. The van der Waals surface area contributed by atoms with Crippen LogP contribution in [0.2, 0.25) is 0 Å². The highest BCUT2D eigenvalue weighted by atomic mass is 16.4. The van der Waals surface area contributed by atoms with Crippen molar-refractivity contribution in [2.45, 2.75) is 25.6 Å². The standard InChI is InChI=1S/C7H15NO3.C3H6O3/c1-8(2,3)5-6(9)4-7(10)11;1-2(4)3(5)6/h6,9H,4-5H2,1-3H3;2,4H,1H3,(H,5,6)/t6-;/m0./s1. The fraction of sp³-hybridized carbons (Fsp3) is 0.800. The van der Waals surface area contributed by atoms with Crippen molar-refractivity contribution < 1.29 is 34.5 Å². The molecule has 0 aromatic rings. The fourth-order valence-electron chi connectivity index (χ4n) is 0.889. The molecule has 0 heterocycles. The lowest BCUT2D eigenvalue weighted by Crippen LogP contribution is -2.43. The molecule has 0 aromatic carbocycles. The molecule has 0 fully saturated rings. The predicted octanol–water partition coefficient (Wildman–Crippen LogP) is -2.35. The van der Waals surface area contributed by atoms with Crippen LogP contribution in [-0.4, -0.2) is 71.6 Å². The SMILES string of the molecule is CC(O)C(=O)O.C[N+](C)(C)C[C@@H](O)CC(=O)[O-]. The van der Waals surface area contributed by atoms with E-state index in [4.69, 9.17) is 15.3 Å². The first kappa shape index (κ1) is 18.2. The van der Waals surface area contributed by atoms with Gasteiger partial charge in [0.1, 0.15) is 18.8 Å². The predicted molar refractivity (Wildman–Crippen MR) is 57.8 cm³/mol. The lowest BCUT2D eigenvalue weighted by Gasteiger charge is -2.26. The maximum atomic E-state index is 10.0. The molecule has 7 nitrogen and oxygen atoms in total. The number of rotatable bonds is 5. The Labute approximate surface area is 100 Å². The first-order valence-corrected chi connectivity index (χ1v) is 5.05. The van der Waals surface area contributed by atoms with Crippen molar-refractivity contribution in [2.75, 3.05) is 27.7 Å². The summed E-state index contributed by atoms with van der Waals surface area (Å²) in [4.78, 5) is 19.5. The van der Waals surface area contributed by atoms with Gasteiger partial charge < -0.3 is 29.7 Å². The van der Waals surface area contributed by atoms with Crippen molar-refractivity contribution in [3.63, 3.8) is 0 Å². The largest absolute Gasteiger partial charge is 0.550 e. The van der Waals surface area contributed by atoms with Gasteiger partial charge in [0.05, 0.1) is 21.1 Å². The second kappa shape index (κ2) is 7.99. The zero-order chi connectivity index (χ0) is 14.2. The van der Waals surface area contributed by atoms with E-state index >= 15 is 0 Å². The number of hydrogen-bond donors (Lipinski definition) is 3. The number of nitrogens with zero attached hydrogens (tertiary/aromatic N) is 1. The van der Waals surface area contributed by atoms with E-state index in [2.05, 4.69) is 0 Å². The number of aliphatic hydroxyl groups excluding tert-OH is 2. The Hall–Kier alpha value is -1.18. The molecule has 17 heavy (non-hydrogen) atoms. The fourth-order valence-corrected chi connectivity index (χ4v) is 0.889. The number of likely N-dealkylation sites (N-methyl/N-ethyl adjacent to an activating group) is 1. The highest BCUT2D eigenvalue weighted by Crippen LogP contribution is 1.97. The van der Waals surface area contributed by atoms with Crippen LogP contribution in [-0.2, 0) is 9.59 Å². The molecule has 0 amide bonds. The van der Waals surface area contributed by atoms with Crippen molar-refractivity contribution in [1.82, 2.24) is 0 Å². The van der Waals surface area contributed by atoms with Gasteiger partial charge in [-0.3, -0.25) is 0 Å². The van der Waals surface area contributed by atoms with Crippen molar-refractivity contribution >= 4 is 11.9 Å². The highest BCUT2D eigenvalue weighted by Gasteiger charge is 2.14. The zero-order valence-corrected chi connectivity index (χ0v) is 10.6. The molecule has 0 saturated heterocycles. The molecule has 0 aliphatic carbocycles. The van der Waals surface area contributed by atoms with Gasteiger partial charge in [-0.25, -0.2) is 4.79 Å². The van der Waals surface area contributed by atoms with Gasteiger partial charge in [-0.15, -0.1) is 0 Å².